The summed E-state index contributed by atoms with van der Waals surface area (Å²) in [4.78, 5) is 0. The van der Waals surface area contributed by atoms with Gasteiger partial charge >= 0.3 is 0 Å². The maximum Gasteiger partial charge on any atom is 0.166 e. The summed E-state index contributed by atoms with van der Waals surface area (Å²) in [6.07, 6.45) is 2.71. The van der Waals surface area contributed by atoms with Crippen LogP contribution < -0.4 is 10.6 Å². The van der Waals surface area contributed by atoms with E-state index in [1.807, 2.05) is 0 Å². The summed E-state index contributed by atoms with van der Waals surface area (Å²) in [6.45, 7) is 3.98. The standard InChI is InChI=1S/C8H16N2S2/c1-2-9-8(11)10-6-7-4-3-5-12-7/h7H,2-6H2,1H3,(H2,9,10,11). The van der Waals surface area contributed by atoms with E-state index < -0.39 is 0 Å². The normalized spacial score (nSPS) is 22.2. The van der Waals surface area contributed by atoms with Gasteiger partial charge in [0.2, 0.25) is 0 Å². The van der Waals surface area contributed by atoms with Crippen molar-refractivity contribution < 1.29 is 0 Å². The molecule has 0 radical (unpaired) electrons. The summed E-state index contributed by atoms with van der Waals surface area (Å²) >= 11 is 7.11. The second kappa shape index (κ2) is 5.65. The number of rotatable bonds is 3. The molecule has 2 nitrogen and oxygen atoms in total. The van der Waals surface area contributed by atoms with E-state index in [1.165, 1.54) is 18.6 Å². The van der Waals surface area contributed by atoms with Crippen LogP contribution in [-0.4, -0.2) is 29.2 Å². The molecule has 0 aromatic rings. The van der Waals surface area contributed by atoms with Crippen LogP contribution in [0.4, 0.5) is 0 Å². The van der Waals surface area contributed by atoms with Crippen molar-refractivity contribution in [2.24, 2.45) is 0 Å². The lowest BCUT2D eigenvalue weighted by Crippen LogP contribution is -2.38. The van der Waals surface area contributed by atoms with Gasteiger partial charge in [-0.1, -0.05) is 0 Å². The Balaban J connectivity index is 2.03. The van der Waals surface area contributed by atoms with Crippen LogP contribution in [0, 0.1) is 0 Å². The van der Waals surface area contributed by atoms with E-state index in [-0.39, 0.29) is 0 Å². The molecule has 0 aromatic heterocycles. The van der Waals surface area contributed by atoms with E-state index in [0.717, 1.165) is 23.5 Å². The number of hydrogen-bond acceptors (Lipinski definition) is 2. The summed E-state index contributed by atoms with van der Waals surface area (Å²) in [5, 5.41) is 7.88. The molecule has 4 heteroatoms. The third kappa shape index (κ3) is 3.63. The van der Waals surface area contributed by atoms with E-state index in [4.69, 9.17) is 12.2 Å². The Bertz CT molecular complexity index is 144. The van der Waals surface area contributed by atoms with Crippen LogP contribution in [-0.2, 0) is 0 Å². The molecule has 0 aliphatic carbocycles. The predicted molar refractivity (Wildman–Crippen MR) is 59.8 cm³/mol. The molecule has 1 aliphatic heterocycles. The summed E-state index contributed by atoms with van der Waals surface area (Å²) in [6, 6.07) is 0. The minimum absolute atomic E-state index is 0.779. The molecule has 1 atom stereocenters. The molecular formula is C8H16N2S2. The van der Waals surface area contributed by atoms with Crippen molar-refractivity contribution in [1.29, 1.82) is 0 Å². The van der Waals surface area contributed by atoms with Crippen molar-refractivity contribution in [2.75, 3.05) is 18.8 Å². The molecule has 0 aromatic carbocycles. The van der Waals surface area contributed by atoms with Crippen LogP contribution in [0.5, 0.6) is 0 Å². The van der Waals surface area contributed by atoms with Gasteiger partial charge in [0.15, 0.2) is 5.11 Å². The Hall–Kier alpha value is 0.0400. The zero-order valence-electron chi connectivity index (χ0n) is 7.43. The number of thioether (sulfide) groups is 1. The van der Waals surface area contributed by atoms with Gasteiger partial charge in [0.1, 0.15) is 0 Å². The van der Waals surface area contributed by atoms with Gasteiger partial charge in [0.05, 0.1) is 0 Å². The van der Waals surface area contributed by atoms with Gasteiger partial charge in [-0.25, -0.2) is 0 Å². The van der Waals surface area contributed by atoms with Crippen LogP contribution in [0.15, 0.2) is 0 Å². The fourth-order valence-corrected chi connectivity index (χ4v) is 2.66. The van der Waals surface area contributed by atoms with Crippen LogP contribution in [0.3, 0.4) is 0 Å². The molecule has 70 valence electrons. The molecular weight excluding hydrogens is 188 g/mol. The predicted octanol–water partition coefficient (Wildman–Crippen LogP) is 1.37. The van der Waals surface area contributed by atoms with E-state index in [0.29, 0.717) is 0 Å². The molecule has 2 N–H and O–H groups in total. The summed E-state index contributed by atoms with van der Waals surface area (Å²) < 4.78 is 0. The average molecular weight is 204 g/mol. The fraction of sp³-hybridized carbons (Fsp3) is 0.875. The second-order valence-corrected chi connectivity index (χ2v) is 4.69. The van der Waals surface area contributed by atoms with Crippen LogP contribution in [0.2, 0.25) is 0 Å². The highest BCUT2D eigenvalue weighted by atomic mass is 32.2. The molecule has 12 heavy (non-hydrogen) atoms. The van der Waals surface area contributed by atoms with Gasteiger partial charge in [-0.15, -0.1) is 0 Å². The minimum Gasteiger partial charge on any atom is -0.363 e. The smallest absolute Gasteiger partial charge is 0.166 e. The fourth-order valence-electron chi connectivity index (χ4n) is 1.23. The molecule has 1 aliphatic rings. The van der Waals surface area contributed by atoms with Gasteiger partial charge in [-0.3, -0.25) is 0 Å². The lowest BCUT2D eigenvalue weighted by molar-refractivity contribution is 0.738. The first-order valence-electron chi connectivity index (χ1n) is 4.46. The number of nitrogens with one attached hydrogen (secondary N) is 2. The first-order valence-corrected chi connectivity index (χ1v) is 5.92. The molecule has 0 amide bonds. The maximum atomic E-state index is 5.06. The van der Waals surface area contributed by atoms with Crippen LogP contribution in [0.1, 0.15) is 19.8 Å². The monoisotopic (exact) mass is 204 g/mol. The third-order valence-corrected chi connectivity index (χ3v) is 3.54. The highest BCUT2D eigenvalue weighted by Gasteiger charge is 2.14. The largest absolute Gasteiger partial charge is 0.363 e. The zero-order chi connectivity index (χ0) is 8.81. The molecule has 0 saturated carbocycles. The lowest BCUT2D eigenvalue weighted by Gasteiger charge is -2.12. The van der Waals surface area contributed by atoms with Gasteiger partial charge < -0.3 is 10.6 Å². The molecule has 0 bridgehead atoms. The molecule has 0 spiro atoms. The van der Waals surface area contributed by atoms with Crippen molar-refractivity contribution in [3.8, 4) is 0 Å². The Morgan fingerprint density at radius 3 is 3.00 bits per heavy atom. The Labute approximate surface area is 83.9 Å². The summed E-state index contributed by atoms with van der Waals surface area (Å²) in [5.41, 5.74) is 0. The van der Waals surface area contributed by atoms with E-state index >= 15 is 0 Å². The Morgan fingerprint density at radius 2 is 2.42 bits per heavy atom. The van der Waals surface area contributed by atoms with Gasteiger partial charge in [0, 0.05) is 18.3 Å². The molecule has 1 fully saturated rings. The average Bonchev–Trinajstić information content (AvgIpc) is 2.53. The van der Waals surface area contributed by atoms with Crippen LogP contribution in [0.25, 0.3) is 0 Å². The summed E-state index contributed by atoms with van der Waals surface area (Å²) in [5.74, 6) is 1.32. The lowest BCUT2D eigenvalue weighted by atomic mass is 10.2. The SMILES string of the molecule is CCNC(=S)NCC1CCCS1. The third-order valence-electron chi connectivity index (χ3n) is 1.85. The topological polar surface area (TPSA) is 24.1 Å². The van der Waals surface area contributed by atoms with Gasteiger partial charge in [0.25, 0.3) is 0 Å². The van der Waals surface area contributed by atoms with Crippen molar-refractivity contribution >= 4 is 29.1 Å². The van der Waals surface area contributed by atoms with E-state index in [9.17, 15) is 0 Å². The highest BCUT2D eigenvalue weighted by Crippen LogP contribution is 2.24. The second-order valence-electron chi connectivity index (χ2n) is 2.88. The van der Waals surface area contributed by atoms with E-state index in [1.54, 1.807) is 0 Å². The first-order chi connectivity index (χ1) is 5.83. The molecule has 1 saturated heterocycles. The number of hydrogen-bond donors (Lipinski definition) is 2. The highest BCUT2D eigenvalue weighted by molar-refractivity contribution is 8.00. The maximum absolute atomic E-state index is 5.06. The van der Waals surface area contributed by atoms with Crippen molar-refractivity contribution in [3.63, 3.8) is 0 Å². The molecule has 1 rings (SSSR count). The zero-order valence-corrected chi connectivity index (χ0v) is 9.06. The van der Waals surface area contributed by atoms with Gasteiger partial charge in [-0.05, 0) is 37.7 Å². The summed E-state index contributed by atoms with van der Waals surface area (Å²) in [7, 11) is 0. The minimum atomic E-state index is 0.779. The van der Waals surface area contributed by atoms with Crippen molar-refractivity contribution in [1.82, 2.24) is 10.6 Å². The number of thiocarbonyl (C=S) groups is 1. The van der Waals surface area contributed by atoms with Crippen molar-refractivity contribution in [2.45, 2.75) is 25.0 Å². The van der Waals surface area contributed by atoms with Gasteiger partial charge in [-0.2, -0.15) is 11.8 Å². The molecule has 1 unspecified atom stereocenters. The molecule has 1 heterocycles. The quantitative estimate of drug-likeness (QED) is 0.678. The first kappa shape index (κ1) is 10.1. The van der Waals surface area contributed by atoms with Crippen molar-refractivity contribution in [3.05, 3.63) is 0 Å². The Morgan fingerprint density at radius 1 is 1.58 bits per heavy atom. The van der Waals surface area contributed by atoms with E-state index in [2.05, 4.69) is 29.3 Å². The Kier molecular flexibility index (Phi) is 4.76. The van der Waals surface area contributed by atoms with Crippen LogP contribution >= 0.6 is 24.0 Å².